The van der Waals surface area contributed by atoms with Gasteiger partial charge in [0.25, 0.3) is 0 Å². The molecule has 0 atom stereocenters. The number of hydrogen-bond donors (Lipinski definition) is 0. The lowest BCUT2D eigenvalue weighted by Crippen LogP contribution is -2.26. The van der Waals surface area contributed by atoms with E-state index in [4.69, 9.17) is 11.6 Å². The predicted molar refractivity (Wildman–Crippen MR) is 66.1 cm³/mol. The van der Waals surface area contributed by atoms with Gasteiger partial charge in [0, 0.05) is 8.59 Å². The first-order valence-electron chi connectivity index (χ1n) is 4.45. The van der Waals surface area contributed by atoms with Crippen LogP contribution in [-0.4, -0.2) is 18.2 Å². The number of amides is 1. The maximum absolute atomic E-state index is 13.7. The Hall–Kier alpha value is -0.690. The molecule has 0 aliphatic carbocycles. The number of nitrogens with zero attached hydrogens (tertiary/aromatic N) is 1. The lowest BCUT2D eigenvalue weighted by atomic mass is 10.3. The number of halogens is 3. The van der Waals surface area contributed by atoms with E-state index in [1.807, 2.05) is 22.6 Å². The second-order valence-electron chi connectivity index (χ2n) is 3.41. The first kappa shape index (κ1) is 11.8. The van der Waals surface area contributed by atoms with E-state index >= 15 is 0 Å². The molecule has 1 heterocycles. The molecular weight excluding hydrogens is 347 g/mol. The van der Waals surface area contributed by atoms with Gasteiger partial charge >= 0.3 is 0 Å². The molecule has 84 valence electrons. The van der Waals surface area contributed by atoms with Crippen LogP contribution in [0, 0.1) is 9.39 Å². The minimum Gasteiger partial charge on any atom is -0.301 e. The molecule has 2 rings (SSSR count). The number of hydrogen-bond acceptors (Lipinski definition) is 2. The zero-order chi connectivity index (χ0) is 11.9. The molecule has 0 spiro atoms. The second-order valence-corrected chi connectivity index (χ2v) is 5.01. The summed E-state index contributed by atoms with van der Waals surface area (Å²) in [6.07, 6.45) is -0.155. The number of anilines is 1. The zero-order valence-corrected chi connectivity index (χ0v) is 10.9. The highest BCUT2D eigenvalue weighted by Gasteiger charge is 2.31. The summed E-state index contributed by atoms with van der Waals surface area (Å²) < 4.78 is 14.2. The van der Waals surface area contributed by atoms with Crippen molar-refractivity contribution in [2.75, 3.05) is 11.4 Å². The Kier molecular flexibility index (Phi) is 3.16. The molecular formula is C10H6ClFINO2. The molecule has 1 aliphatic heterocycles. The highest BCUT2D eigenvalue weighted by molar-refractivity contribution is 14.1. The molecule has 0 N–H and O–H groups in total. The fourth-order valence-corrected chi connectivity index (χ4v) is 2.85. The Morgan fingerprint density at radius 2 is 2.06 bits per heavy atom. The fourth-order valence-electron chi connectivity index (χ4n) is 1.58. The van der Waals surface area contributed by atoms with Crippen molar-refractivity contribution in [1.82, 2.24) is 0 Å². The lowest BCUT2D eigenvalue weighted by molar-refractivity contribution is -0.121. The van der Waals surface area contributed by atoms with Gasteiger partial charge < -0.3 is 4.90 Å². The largest absolute Gasteiger partial charge is 0.301 e. The van der Waals surface area contributed by atoms with E-state index in [0.29, 0.717) is 3.57 Å². The van der Waals surface area contributed by atoms with Crippen LogP contribution in [0.5, 0.6) is 0 Å². The molecule has 3 nitrogen and oxygen atoms in total. The quantitative estimate of drug-likeness (QED) is 0.574. The summed E-state index contributed by atoms with van der Waals surface area (Å²) in [6.45, 7) is -0.0621. The van der Waals surface area contributed by atoms with E-state index in [2.05, 4.69) is 0 Å². The van der Waals surface area contributed by atoms with Gasteiger partial charge in [-0.3, -0.25) is 9.59 Å². The number of carbonyl (C=O) groups is 2. The molecule has 0 bridgehead atoms. The van der Waals surface area contributed by atoms with Crippen LogP contribution in [0.4, 0.5) is 10.1 Å². The van der Waals surface area contributed by atoms with Crippen molar-refractivity contribution in [2.45, 2.75) is 6.42 Å². The third-order valence-corrected chi connectivity index (χ3v) is 3.28. The Balaban J connectivity index is 2.48. The average molecular weight is 354 g/mol. The van der Waals surface area contributed by atoms with Crippen molar-refractivity contribution in [3.05, 3.63) is 26.5 Å². The summed E-state index contributed by atoms with van der Waals surface area (Å²) >= 11 is 7.57. The SMILES string of the molecule is O=C1CC(=O)N(c2c(F)cc(Cl)cc2I)C1. The minimum atomic E-state index is -0.583. The minimum absolute atomic E-state index is 0.0621. The van der Waals surface area contributed by atoms with Crippen LogP contribution in [0.15, 0.2) is 12.1 Å². The van der Waals surface area contributed by atoms with Gasteiger partial charge in [-0.1, -0.05) is 11.6 Å². The maximum atomic E-state index is 13.7. The normalized spacial score (nSPS) is 16.1. The highest BCUT2D eigenvalue weighted by atomic mass is 127. The van der Waals surface area contributed by atoms with Gasteiger partial charge in [0.2, 0.25) is 5.91 Å². The fraction of sp³-hybridized carbons (Fsp3) is 0.200. The van der Waals surface area contributed by atoms with Crippen molar-refractivity contribution in [2.24, 2.45) is 0 Å². The molecule has 0 aromatic heterocycles. The van der Waals surface area contributed by atoms with E-state index in [-0.39, 0.29) is 35.4 Å². The summed E-state index contributed by atoms with van der Waals surface area (Å²) in [7, 11) is 0. The van der Waals surface area contributed by atoms with Crippen molar-refractivity contribution in [1.29, 1.82) is 0 Å². The third-order valence-electron chi connectivity index (χ3n) is 2.24. The lowest BCUT2D eigenvalue weighted by Gasteiger charge is -2.17. The van der Waals surface area contributed by atoms with Crippen molar-refractivity contribution in [3.8, 4) is 0 Å². The van der Waals surface area contributed by atoms with Crippen LogP contribution < -0.4 is 4.90 Å². The van der Waals surface area contributed by atoms with Gasteiger partial charge in [-0.2, -0.15) is 0 Å². The smallest absolute Gasteiger partial charge is 0.235 e. The number of Topliss-reactive ketones (excluding diaryl/α,β-unsaturated/α-hetero) is 1. The topological polar surface area (TPSA) is 37.4 Å². The van der Waals surface area contributed by atoms with Crippen LogP contribution in [0.3, 0.4) is 0 Å². The highest BCUT2D eigenvalue weighted by Crippen LogP contribution is 2.31. The van der Waals surface area contributed by atoms with Crippen LogP contribution in [0.25, 0.3) is 0 Å². The summed E-state index contributed by atoms with van der Waals surface area (Å²) in [5.41, 5.74) is 0.140. The monoisotopic (exact) mass is 353 g/mol. The average Bonchev–Trinajstić information content (AvgIpc) is 2.43. The molecule has 1 fully saturated rings. The first-order chi connectivity index (χ1) is 7.49. The van der Waals surface area contributed by atoms with Gasteiger partial charge in [-0.25, -0.2) is 4.39 Å². The molecule has 1 aliphatic rings. The van der Waals surface area contributed by atoms with Crippen LogP contribution in [-0.2, 0) is 9.59 Å². The van der Waals surface area contributed by atoms with Gasteiger partial charge in [-0.05, 0) is 34.7 Å². The Morgan fingerprint density at radius 3 is 2.56 bits per heavy atom. The molecule has 0 radical (unpaired) electrons. The first-order valence-corrected chi connectivity index (χ1v) is 5.91. The Morgan fingerprint density at radius 1 is 1.38 bits per heavy atom. The van der Waals surface area contributed by atoms with Crippen LogP contribution in [0.2, 0.25) is 5.02 Å². The molecule has 1 aromatic rings. The Bertz CT molecular complexity index is 469. The number of ketones is 1. The van der Waals surface area contributed by atoms with Gasteiger partial charge in [0.05, 0.1) is 18.7 Å². The van der Waals surface area contributed by atoms with E-state index in [1.54, 1.807) is 6.07 Å². The maximum Gasteiger partial charge on any atom is 0.235 e. The molecule has 1 aromatic carbocycles. The van der Waals surface area contributed by atoms with E-state index in [0.717, 1.165) is 11.0 Å². The molecule has 0 saturated carbocycles. The second kappa shape index (κ2) is 4.29. The number of benzene rings is 1. The standard InChI is InChI=1S/C10H6ClFINO2/c11-5-1-7(12)10(8(13)2-5)14-4-6(15)3-9(14)16/h1-2H,3-4H2. The molecule has 6 heteroatoms. The van der Waals surface area contributed by atoms with Gasteiger partial charge in [0.15, 0.2) is 5.78 Å². The van der Waals surface area contributed by atoms with E-state index in [1.165, 1.54) is 0 Å². The summed E-state index contributed by atoms with van der Waals surface area (Å²) in [4.78, 5) is 23.8. The van der Waals surface area contributed by atoms with Gasteiger partial charge in [0.1, 0.15) is 5.82 Å². The van der Waals surface area contributed by atoms with Crippen LogP contribution >= 0.6 is 34.2 Å². The molecule has 16 heavy (non-hydrogen) atoms. The van der Waals surface area contributed by atoms with Crippen molar-refractivity contribution in [3.63, 3.8) is 0 Å². The van der Waals surface area contributed by atoms with Crippen molar-refractivity contribution >= 4 is 51.6 Å². The third kappa shape index (κ3) is 2.06. The van der Waals surface area contributed by atoms with E-state index < -0.39 is 5.82 Å². The van der Waals surface area contributed by atoms with Gasteiger partial charge in [-0.15, -0.1) is 0 Å². The Labute approximate surface area is 110 Å². The summed E-state index contributed by atoms with van der Waals surface area (Å²) in [6, 6.07) is 2.69. The molecule has 0 unspecified atom stereocenters. The number of carbonyl (C=O) groups excluding carboxylic acids is 2. The summed E-state index contributed by atoms with van der Waals surface area (Å²) in [5.74, 6) is -1.15. The molecule has 1 amide bonds. The van der Waals surface area contributed by atoms with E-state index in [9.17, 15) is 14.0 Å². The summed E-state index contributed by atoms with van der Waals surface area (Å²) in [5, 5.41) is 0.267. The zero-order valence-electron chi connectivity index (χ0n) is 7.97. The number of rotatable bonds is 1. The van der Waals surface area contributed by atoms with Crippen LogP contribution in [0.1, 0.15) is 6.42 Å². The predicted octanol–water partition coefficient (Wildman–Crippen LogP) is 2.39. The van der Waals surface area contributed by atoms with Crippen molar-refractivity contribution < 1.29 is 14.0 Å². The molecule has 1 saturated heterocycles.